The average Bonchev–Trinajstić information content (AvgIpc) is 3.34. The minimum atomic E-state index is -0.120. The minimum absolute atomic E-state index is 0.00866. The van der Waals surface area contributed by atoms with Gasteiger partial charge in [-0.25, -0.2) is 0 Å². The van der Waals surface area contributed by atoms with E-state index in [2.05, 4.69) is 15.5 Å². The highest BCUT2D eigenvalue weighted by molar-refractivity contribution is 8.00. The number of hydrogen-bond donors (Lipinski definition) is 1. The van der Waals surface area contributed by atoms with Crippen LogP contribution in [0.5, 0.6) is 0 Å². The van der Waals surface area contributed by atoms with Gasteiger partial charge in [-0.05, 0) is 31.2 Å². The molecule has 4 rings (SSSR count). The summed E-state index contributed by atoms with van der Waals surface area (Å²) in [7, 11) is 0. The number of aromatic nitrogens is 2. The Labute approximate surface area is 177 Å². The molecule has 8 heteroatoms. The van der Waals surface area contributed by atoms with Crippen LogP contribution >= 0.6 is 23.1 Å². The fourth-order valence-electron chi connectivity index (χ4n) is 3.12. The lowest BCUT2D eigenvalue weighted by Crippen LogP contribution is -2.24. The zero-order valence-corrected chi connectivity index (χ0v) is 17.5. The molecule has 0 radical (unpaired) electrons. The van der Waals surface area contributed by atoms with E-state index in [1.807, 2.05) is 61.5 Å². The lowest BCUT2D eigenvalue weighted by molar-refractivity contribution is -0.117. The van der Waals surface area contributed by atoms with Crippen molar-refractivity contribution >= 4 is 45.7 Å². The van der Waals surface area contributed by atoms with Crippen LogP contribution in [0, 0.1) is 6.92 Å². The third-order valence-corrected chi connectivity index (χ3v) is 6.63. The second kappa shape index (κ2) is 8.75. The zero-order valence-electron chi connectivity index (χ0n) is 15.9. The number of carbonyl (C=O) groups excluding carboxylic acids is 2. The van der Waals surface area contributed by atoms with Gasteiger partial charge in [0.1, 0.15) is 5.01 Å². The largest absolute Gasteiger partial charge is 0.312 e. The smallest absolute Gasteiger partial charge is 0.236 e. The highest BCUT2D eigenvalue weighted by Crippen LogP contribution is 2.34. The molecule has 1 aliphatic heterocycles. The number of nitrogens with zero attached hydrogens (tertiary/aromatic N) is 3. The predicted molar refractivity (Wildman–Crippen MR) is 117 cm³/mol. The standard InChI is InChI=1S/C21H20N4O2S2/c1-14-7-9-16(10-8-14)25-12-15(11-19(25)27)20-23-24-21(29-20)22-18(26)13-28-17-5-3-2-4-6-17/h2-10,15H,11-13H2,1H3,(H,22,24,26). The number of nitrogens with one attached hydrogen (secondary N) is 1. The van der Waals surface area contributed by atoms with Crippen molar-refractivity contribution in [1.29, 1.82) is 0 Å². The van der Waals surface area contributed by atoms with Gasteiger partial charge in [-0.3, -0.25) is 14.9 Å². The maximum absolute atomic E-state index is 12.5. The summed E-state index contributed by atoms with van der Waals surface area (Å²) in [5.74, 6) is 0.261. The van der Waals surface area contributed by atoms with Crippen molar-refractivity contribution in [2.75, 3.05) is 22.5 Å². The van der Waals surface area contributed by atoms with Crippen molar-refractivity contribution in [3.63, 3.8) is 0 Å². The predicted octanol–water partition coefficient (Wildman–Crippen LogP) is 4.10. The Morgan fingerprint density at radius 1 is 1.17 bits per heavy atom. The molecular weight excluding hydrogens is 404 g/mol. The summed E-state index contributed by atoms with van der Waals surface area (Å²) < 4.78 is 0. The fraction of sp³-hybridized carbons (Fsp3) is 0.238. The molecule has 1 fully saturated rings. The van der Waals surface area contributed by atoms with Crippen LogP contribution in [0.1, 0.15) is 22.9 Å². The van der Waals surface area contributed by atoms with E-state index in [0.29, 0.717) is 23.8 Å². The molecule has 2 aromatic carbocycles. The molecule has 0 spiro atoms. The summed E-state index contributed by atoms with van der Waals surface area (Å²) >= 11 is 2.81. The van der Waals surface area contributed by atoms with Gasteiger partial charge in [-0.1, -0.05) is 47.2 Å². The van der Waals surface area contributed by atoms with E-state index < -0.39 is 0 Å². The van der Waals surface area contributed by atoms with Crippen molar-refractivity contribution in [3.05, 3.63) is 65.2 Å². The summed E-state index contributed by atoms with van der Waals surface area (Å²) in [6, 6.07) is 17.7. The first-order valence-electron chi connectivity index (χ1n) is 9.26. The fourth-order valence-corrected chi connectivity index (χ4v) is 4.69. The van der Waals surface area contributed by atoms with E-state index in [0.717, 1.165) is 21.2 Å². The van der Waals surface area contributed by atoms with Crippen LogP contribution in [0.4, 0.5) is 10.8 Å². The van der Waals surface area contributed by atoms with E-state index >= 15 is 0 Å². The number of amides is 2. The summed E-state index contributed by atoms with van der Waals surface area (Å²) in [5, 5.41) is 12.4. The molecule has 1 N–H and O–H groups in total. The summed E-state index contributed by atoms with van der Waals surface area (Å²) in [6.07, 6.45) is 0.403. The van der Waals surface area contributed by atoms with Crippen LogP contribution in [-0.2, 0) is 9.59 Å². The van der Waals surface area contributed by atoms with E-state index in [9.17, 15) is 9.59 Å². The topological polar surface area (TPSA) is 75.2 Å². The van der Waals surface area contributed by atoms with Gasteiger partial charge in [-0.2, -0.15) is 0 Å². The van der Waals surface area contributed by atoms with Crippen molar-refractivity contribution in [2.45, 2.75) is 24.2 Å². The molecule has 1 saturated heterocycles. The van der Waals surface area contributed by atoms with Gasteiger partial charge < -0.3 is 4.90 Å². The molecule has 1 aliphatic rings. The van der Waals surface area contributed by atoms with Gasteiger partial charge in [-0.15, -0.1) is 22.0 Å². The molecule has 29 heavy (non-hydrogen) atoms. The van der Waals surface area contributed by atoms with Crippen LogP contribution in [0.15, 0.2) is 59.5 Å². The zero-order chi connectivity index (χ0) is 20.2. The third-order valence-electron chi connectivity index (χ3n) is 4.62. The first-order chi connectivity index (χ1) is 14.1. The molecule has 0 bridgehead atoms. The Balaban J connectivity index is 1.34. The minimum Gasteiger partial charge on any atom is -0.312 e. The Bertz CT molecular complexity index is 1010. The number of rotatable bonds is 6. The maximum atomic E-state index is 12.5. The SMILES string of the molecule is Cc1ccc(N2CC(c3nnc(NC(=O)CSc4ccccc4)s3)CC2=O)cc1. The van der Waals surface area contributed by atoms with Crippen LogP contribution in [0.25, 0.3) is 0 Å². The van der Waals surface area contributed by atoms with Crippen LogP contribution < -0.4 is 10.2 Å². The van der Waals surface area contributed by atoms with Crippen molar-refractivity contribution in [3.8, 4) is 0 Å². The molecule has 3 aromatic rings. The van der Waals surface area contributed by atoms with E-state index in [-0.39, 0.29) is 17.7 Å². The molecule has 2 amide bonds. The van der Waals surface area contributed by atoms with Gasteiger partial charge in [0.2, 0.25) is 16.9 Å². The Kier molecular flexibility index (Phi) is 5.92. The Hall–Kier alpha value is -2.71. The number of anilines is 2. The monoisotopic (exact) mass is 424 g/mol. The van der Waals surface area contributed by atoms with Crippen LogP contribution in [0.3, 0.4) is 0 Å². The number of aryl methyl sites for hydroxylation is 1. The number of carbonyl (C=O) groups is 2. The maximum Gasteiger partial charge on any atom is 0.236 e. The second-order valence-electron chi connectivity index (χ2n) is 6.84. The van der Waals surface area contributed by atoms with Crippen molar-refractivity contribution in [1.82, 2.24) is 10.2 Å². The molecule has 0 aliphatic carbocycles. The lowest BCUT2D eigenvalue weighted by atomic mass is 10.1. The van der Waals surface area contributed by atoms with Gasteiger partial charge in [0.15, 0.2) is 0 Å². The third kappa shape index (κ3) is 4.83. The normalized spacial score (nSPS) is 16.2. The number of hydrogen-bond acceptors (Lipinski definition) is 6. The van der Waals surface area contributed by atoms with E-state index in [1.54, 1.807) is 4.90 Å². The van der Waals surface area contributed by atoms with Gasteiger partial charge >= 0.3 is 0 Å². The molecule has 1 atom stereocenters. The summed E-state index contributed by atoms with van der Waals surface area (Å²) in [5.41, 5.74) is 2.06. The molecule has 0 saturated carbocycles. The van der Waals surface area contributed by atoms with Crippen LogP contribution in [0.2, 0.25) is 0 Å². The van der Waals surface area contributed by atoms with Gasteiger partial charge in [0.05, 0.1) is 5.75 Å². The van der Waals surface area contributed by atoms with Gasteiger partial charge in [0.25, 0.3) is 0 Å². The first-order valence-corrected chi connectivity index (χ1v) is 11.1. The molecular formula is C21H20N4O2S2. The van der Waals surface area contributed by atoms with Gasteiger partial charge in [0, 0.05) is 29.5 Å². The number of benzene rings is 2. The second-order valence-corrected chi connectivity index (χ2v) is 8.89. The lowest BCUT2D eigenvalue weighted by Gasteiger charge is -2.16. The van der Waals surface area contributed by atoms with E-state index in [1.165, 1.54) is 23.1 Å². The Morgan fingerprint density at radius 3 is 2.69 bits per heavy atom. The quantitative estimate of drug-likeness (QED) is 0.603. The highest BCUT2D eigenvalue weighted by Gasteiger charge is 2.33. The Morgan fingerprint density at radius 2 is 1.93 bits per heavy atom. The molecule has 1 unspecified atom stereocenters. The van der Waals surface area contributed by atoms with Crippen molar-refractivity contribution < 1.29 is 9.59 Å². The summed E-state index contributed by atoms with van der Waals surface area (Å²) in [6.45, 7) is 2.60. The molecule has 6 nitrogen and oxygen atoms in total. The molecule has 2 heterocycles. The number of thioether (sulfide) groups is 1. The average molecular weight is 425 g/mol. The highest BCUT2D eigenvalue weighted by atomic mass is 32.2. The van der Waals surface area contributed by atoms with E-state index in [4.69, 9.17) is 0 Å². The molecule has 1 aromatic heterocycles. The van der Waals surface area contributed by atoms with Crippen molar-refractivity contribution in [2.24, 2.45) is 0 Å². The summed E-state index contributed by atoms with van der Waals surface area (Å²) in [4.78, 5) is 27.5. The molecule has 148 valence electrons. The first kappa shape index (κ1) is 19.6. The van der Waals surface area contributed by atoms with Crippen LogP contribution in [-0.4, -0.2) is 34.3 Å².